The summed E-state index contributed by atoms with van der Waals surface area (Å²) in [5.41, 5.74) is 2.02. The van der Waals surface area contributed by atoms with Crippen molar-refractivity contribution >= 4 is 22.4 Å². The highest BCUT2D eigenvalue weighted by atomic mass is 16.5. The van der Waals surface area contributed by atoms with Gasteiger partial charge in [-0.1, -0.05) is 0 Å². The van der Waals surface area contributed by atoms with Crippen molar-refractivity contribution in [2.24, 2.45) is 5.92 Å². The predicted octanol–water partition coefficient (Wildman–Crippen LogP) is 2.71. The quantitative estimate of drug-likeness (QED) is 0.607. The van der Waals surface area contributed by atoms with E-state index in [2.05, 4.69) is 36.9 Å². The highest BCUT2D eigenvalue weighted by Crippen LogP contribution is 2.30. The van der Waals surface area contributed by atoms with Crippen molar-refractivity contribution in [2.45, 2.75) is 39.3 Å². The van der Waals surface area contributed by atoms with Crippen molar-refractivity contribution in [3.05, 3.63) is 47.3 Å². The second kappa shape index (κ2) is 8.17. The molecule has 2 aromatic heterocycles. The minimum absolute atomic E-state index is 0.0289. The van der Waals surface area contributed by atoms with Crippen LogP contribution in [-0.2, 0) is 6.54 Å². The maximum Gasteiger partial charge on any atom is 0.293 e. The summed E-state index contributed by atoms with van der Waals surface area (Å²) in [7, 11) is 0. The van der Waals surface area contributed by atoms with Crippen LogP contribution in [0.4, 0.5) is 11.5 Å². The molecule has 0 amide bonds. The first-order valence-electron chi connectivity index (χ1n) is 11.1. The summed E-state index contributed by atoms with van der Waals surface area (Å²) in [5.74, 6) is 1.85. The topological polar surface area (TPSA) is 76.4 Å². The molecule has 0 unspecified atom stereocenters. The Bertz CT molecular complexity index is 1130. The van der Waals surface area contributed by atoms with Crippen LogP contribution >= 0.6 is 0 Å². The third-order valence-electron chi connectivity index (χ3n) is 5.92. The van der Waals surface area contributed by atoms with Gasteiger partial charge >= 0.3 is 0 Å². The van der Waals surface area contributed by atoms with Crippen LogP contribution < -0.4 is 20.1 Å². The van der Waals surface area contributed by atoms with E-state index < -0.39 is 0 Å². The fraction of sp³-hybridized carbons (Fsp3) is 0.478. The van der Waals surface area contributed by atoms with Crippen LogP contribution in [0, 0.1) is 5.92 Å². The van der Waals surface area contributed by atoms with Crippen LogP contribution in [0.15, 0.2) is 41.7 Å². The molecule has 162 valence electrons. The van der Waals surface area contributed by atoms with Gasteiger partial charge in [-0.05, 0) is 50.8 Å². The van der Waals surface area contributed by atoms with Gasteiger partial charge in [0.2, 0.25) is 5.88 Å². The summed E-state index contributed by atoms with van der Waals surface area (Å²) in [6.07, 6.45) is 7.61. The number of fused-ring (bicyclic) bond motifs is 1. The minimum Gasteiger partial charge on any atom is -0.474 e. The maximum absolute atomic E-state index is 12.9. The largest absolute Gasteiger partial charge is 0.474 e. The molecule has 0 N–H and O–H groups in total. The molecule has 8 heteroatoms. The summed E-state index contributed by atoms with van der Waals surface area (Å²) >= 11 is 0. The number of hydrogen-bond donors (Lipinski definition) is 0. The maximum atomic E-state index is 12.9. The standard InChI is InChI=1S/C23H28N6O2/c1-16(2)31-22-19-13-18(5-6-20(19)25-15-26-22)27-9-11-28(12-10-27)21-23(30)29(8-7-24-21)14-17-3-4-17/h5-8,13,15-17H,3-4,9-12,14H2,1-2H3. The molecule has 2 aliphatic rings. The average molecular weight is 421 g/mol. The van der Waals surface area contributed by atoms with Gasteiger partial charge in [0.25, 0.3) is 5.56 Å². The Morgan fingerprint density at radius 2 is 1.84 bits per heavy atom. The second-order valence-corrected chi connectivity index (χ2v) is 8.67. The molecule has 8 nitrogen and oxygen atoms in total. The molecule has 5 rings (SSSR count). The first-order chi connectivity index (χ1) is 15.1. The zero-order valence-electron chi connectivity index (χ0n) is 18.1. The fourth-order valence-corrected chi connectivity index (χ4v) is 4.09. The summed E-state index contributed by atoms with van der Waals surface area (Å²) in [6, 6.07) is 6.21. The van der Waals surface area contributed by atoms with E-state index in [9.17, 15) is 4.79 Å². The van der Waals surface area contributed by atoms with Crippen LogP contribution in [0.2, 0.25) is 0 Å². The lowest BCUT2D eigenvalue weighted by molar-refractivity contribution is 0.235. The normalized spacial score (nSPS) is 16.9. The number of aromatic nitrogens is 4. The first-order valence-corrected chi connectivity index (χ1v) is 11.1. The van der Waals surface area contributed by atoms with Crippen LogP contribution in [0.25, 0.3) is 10.9 Å². The SMILES string of the molecule is CC(C)Oc1ncnc2ccc(N3CCN(c4nccn(CC5CC5)c4=O)CC3)cc12. The molecule has 1 aromatic carbocycles. The number of anilines is 2. The molecule has 0 atom stereocenters. The molecule has 0 radical (unpaired) electrons. The lowest BCUT2D eigenvalue weighted by Crippen LogP contribution is -2.48. The van der Waals surface area contributed by atoms with E-state index in [1.54, 1.807) is 12.5 Å². The number of rotatable bonds is 6. The van der Waals surface area contributed by atoms with Gasteiger partial charge < -0.3 is 19.1 Å². The zero-order chi connectivity index (χ0) is 21.4. The van der Waals surface area contributed by atoms with Gasteiger partial charge in [0.05, 0.1) is 17.0 Å². The zero-order valence-corrected chi connectivity index (χ0v) is 18.1. The van der Waals surface area contributed by atoms with E-state index in [0.29, 0.717) is 17.6 Å². The van der Waals surface area contributed by atoms with Crippen LogP contribution in [0.3, 0.4) is 0 Å². The molecule has 3 heterocycles. The number of hydrogen-bond acceptors (Lipinski definition) is 7. The molecule has 2 fully saturated rings. The molecular weight excluding hydrogens is 392 g/mol. The molecule has 1 saturated heterocycles. The third kappa shape index (κ3) is 4.19. The minimum atomic E-state index is 0.0289. The van der Waals surface area contributed by atoms with E-state index in [1.807, 2.05) is 30.7 Å². The van der Waals surface area contributed by atoms with Crippen molar-refractivity contribution in [1.82, 2.24) is 19.5 Å². The van der Waals surface area contributed by atoms with Crippen molar-refractivity contribution in [3.8, 4) is 5.88 Å². The highest BCUT2D eigenvalue weighted by molar-refractivity contribution is 5.86. The molecule has 1 aliphatic heterocycles. The summed E-state index contributed by atoms with van der Waals surface area (Å²) in [5, 5.41) is 0.920. The summed E-state index contributed by atoms with van der Waals surface area (Å²) < 4.78 is 7.70. The van der Waals surface area contributed by atoms with Crippen molar-refractivity contribution in [1.29, 1.82) is 0 Å². The predicted molar refractivity (Wildman–Crippen MR) is 121 cm³/mol. The molecule has 1 saturated carbocycles. The monoisotopic (exact) mass is 420 g/mol. The first kappa shape index (κ1) is 19.8. The van der Waals surface area contributed by atoms with Crippen molar-refractivity contribution < 1.29 is 4.74 Å². The van der Waals surface area contributed by atoms with Gasteiger partial charge in [0.15, 0.2) is 5.82 Å². The van der Waals surface area contributed by atoms with E-state index in [-0.39, 0.29) is 11.7 Å². The van der Waals surface area contributed by atoms with Gasteiger partial charge in [-0.25, -0.2) is 15.0 Å². The number of ether oxygens (including phenoxy) is 1. The van der Waals surface area contributed by atoms with Crippen LogP contribution in [0.1, 0.15) is 26.7 Å². The molecule has 1 aliphatic carbocycles. The number of benzene rings is 1. The van der Waals surface area contributed by atoms with E-state index in [0.717, 1.165) is 49.3 Å². The number of nitrogens with zero attached hydrogens (tertiary/aromatic N) is 6. The molecule has 3 aromatic rings. The van der Waals surface area contributed by atoms with Crippen LogP contribution in [0.5, 0.6) is 5.88 Å². The molecule has 31 heavy (non-hydrogen) atoms. The lowest BCUT2D eigenvalue weighted by Gasteiger charge is -2.36. The summed E-state index contributed by atoms with van der Waals surface area (Å²) in [4.78, 5) is 30.4. The van der Waals surface area contributed by atoms with Gasteiger partial charge in [-0.15, -0.1) is 0 Å². The lowest BCUT2D eigenvalue weighted by atomic mass is 10.2. The Hall–Kier alpha value is -3.16. The Balaban J connectivity index is 1.33. The van der Waals surface area contributed by atoms with Gasteiger partial charge in [-0.2, -0.15) is 0 Å². The Labute approximate surface area is 181 Å². The average Bonchev–Trinajstić information content (AvgIpc) is 3.59. The molecular formula is C23H28N6O2. The Morgan fingerprint density at radius 1 is 1.06 bits per heavy atom. The van der Waals surface area contributed by atoms with Crippen molar-refractivity contribution in [2.75, 3.05) is 36.0 Å². The van der Waals surface area contributed by atoms with E-state index >= 15 is 0 Å². The third-order valence-corrected chi connectivity index (χ3v) is 5.92. The van der Waals surface area contributed by atoms with Crippen LogP contribution in [-0.4, -0.2) is 51.8 Å². The Morgan fingerprint density at radius 3 is 2.58 bits per heavy atom. The summed E-state index contributed by atoms with van der Waals surface area (Å²) in [6.45, 7) is 7.95. The molecule has 0 bridgehead atoms. The smallest absolute Gasteiger partial charge is 0.293 e. The fourth-order valence-electron chi connectivity index (χ4n) is 4.09. The van der Waals surface area contributed by atoms with E-state index in [1.165, 1.54) is 12.8 Å². The van der Waals surface area contributed by atoms with E-state index in [4.69, 9.17) is 4.74 Å². The Kier molecular flexibility index (Phi) is 5.21. The molecule has 0 spiro atoms. The van der Waals surface area contributed by atoms with Gasteiger partial charge in [-0.3, -0.25) is 4.79 Å². The number of piperazine rings is 1. The van der Waals surface area contributed by atoms with Gasteiger partial charge in [0.1, 0.15) is 6.33 Å². The van der Waals surface area contributed by atoms with Gasteiger partial charge in [0, 0.05) is 50.8 Å². The highest BCUT2D eigenvalue weighted by Gasteiger charge is 2.25. The second-order valence-electron chi connectivity index (χ2n) is 8.67. The van der Waals surface area contributed by atoms with Crippen molar-refractivity contribution in [3.63, 3.8) is 0 Å².